The van der Waals surface area contributed by atoms with Gasteiger partial charge < -0.3 is 4.55 Å². The van der Waals surface area contributed by atoms with E-state index >= 15 is 0 Å². The molecule has 0 spiro atoms. The molecule has 150 valence electrons. The second-order valence-electron chi connectivity index (χ2n) is 7.68. The minimum Gasteiger partial charge on any atom is -0.748 e. The van der Waals surface area contributed by atoms with E-state index in [1.54, 1.807) is 0 Å². The second kappa shape index (κ2) is 7.35. The summed E-state index contributed by atoms with van der Waals surface area (Å²) in [6.07, 6.45) is 1.09. The predicted octanol–water partition coefficient (Wildman–Crippen LogP) is 4.30. The van der Waals surface area contributed by atoms with E-state index in [0.29, 0.717) is 13.0 Å². The van der Waals surface area contributed by atoms with E-state index in [0.717, 1.165) is 22.9 Å². The number of nitrogens with zero attached hydrogens (tertiary/aromatic N) is 1. The SMILES string of the molecule is O=S(=O)([O-])CCC[n+]1c2c(c(-c3ccccc3)c3ccccc31)-c1ccccc1C2. The van der Waals surface area contributed by atoms with Crippen molar-refractivity contribution < 1.29 is 17.5 Å². The van der Waals surface area contributed by atoms with Crippen LogP contribution in [0.1, 0.15) is 17.7 Å². The minimum absolute atomic E-state index is 0.300. The largest absolute Gasteiger partial charge is 0.748 e. The van der Waals surface area contributed by atoms with E-state index in [1.165, 1.54) is 27.9 Å². The average molecular weight is 416 g/mol. The first kappa shape index (κ1) is 19.0. The summed E-state index contributed by atoms with van der Waals surface area (Å²) in [6.45, 7) is 0.493. The maximum absolute atomic E-state index is 11.2. The zero-order valence-corrected chi connectivity index (χ0v) is 17.2. The van der Waals surface area contributed by atoms with Gasteiger partial charge in [-0.05, 0) is 22.8 Å². The first-order valence-corrected chi connectivity index (χ1v) is 11.7. The average Bonchev–Trinajstić information content (AvgIpc) is 3.12. The molecule has 0 unspecified atom stereocenters. The molecule has 0 atom stereocenters. The molecule has 0 N–H and O–H groups in total. The maximum atomic E-state index is 11.2. The Bertz CT molecular complexity index is 1360. The molecule has 1 heterocycles. The van der Waals surface area contributed by atoms with Crippen molar-refractivity contribution in [3.63, 3.8) is 0 Å². The highest BCUT2D eigenvalue weighted by Crippen LogP contribution is 2.44. The lowest BCUT2D eigenvalue weighted by molar-refractivity contribution is -0.677. The Labute approximate surface area is 176 Å². The maximum Gasteiger partial charge on any atom is 0.213 e. The third-order valence-electron chi connectivity index (χ3n) is 5.81. The van der Waals surface area contributed by atoms with Crippen LogP contribution in [0.15, 0.2) is 78.9 Å². The summed E-state index contributed by atoms with van der Waals surface area (Å²) in [5.41, 5.74) is 8.31. The normalized spacial score (nSPS) is 12.7. The Morgan fingerprint density at radius 1 is 0.833 bits per heavy atom. The van der Waals surface area contributed by atoms with Gasteiger partial charge in [-0.15, -0.1) is 0 Å². The van der Waals surface area contributed by atoms with Gasteiger partial charge in [0.2, 0.25) is 5.52 Å². The molecule has 4 nitrogen and oxygen atoms in total. The first-order valence-electron chi connectivity index (χ1n) is 10.1. The van der Waals surface area contributed by atoms with Crippen LogP contribution in [-0.4, -0.2) is 18.7 Å². The molecule has 0 saturated heterocycles. The third kappa shape index (κ3) is 3.30. The highest BCUT2D eigenvalue weighted by Gasteiger charge is 2.33. The van der Waals surface area contributed by atoms with Crippen molar-refractivity contribution in [3.8, 4) is 22.3 Å². The Morgan fingerprint density at radius 2 is 1.53 bits per heavy atom. The second-order valence-corrected chi connectivity index (χ2v) is 9.20. The zero-order chi connectivity index (χ0) is 20.7. The summed E-state index contributed by atoms with van der Waals surface area (Å²) in [7, 11) is -4.23. The highest BCUT2D eigenvalue weighted by molar-refractivity contribution is 7.85. The predicted molar refractivity (Wildman–Crippen MR) is 117 cm³/mol. The Kier molecular flexibility index (Phi) is 4.65. The fraction of sp³-hybridized carbons (Fsp3) is 0.160. The number of hydrogen-bond donors (Lipinski definition) is 0. The van der Waals surface area contributed by atoms with Gasteiger partial charge in [0, 0.05) is 23.8 Å². The molecule has 1 aliphatic rings. The molecular weight excluding hydrogens is 394 g/mol. The number of hydrogen-bond acceptors (Lipinski definition) is 3. The summed E-state index contributed by atoms with van der Waals surface area (Å²) in [4.78, 5) is 0. The Balaban J connectivity index is 1.80. The van der Waals surface area contributed by atoms with Crippen molar-refractivity contribution in [1.29, 1.82) is 0 Å². The van der Waals surface area contributed by atoms with Gasteiger partial charge in [-0.25, -0.2) is 8.42 Å². The van der Waals surface area contributed by atoms with Crippen LogP contribution in [0.4, 0.5) is 0 Å². The number of rotatable bonds is 5. The van der Waals surface area contributed by atoms with Crippen LogP contribution >= 0.6 is 0 Å². The molecule has 0 bridgehead atoms. The summed E-state index contributed by atoms with van der Waals surface area (Å²) < 4.78 is 35.7. The molecule has 5 heteroatoms. The van der Waals surface area contributed by atoms with Gasteiger partial charge in [0.25, 0.3) is 0 Å². The summed E-state index contributed by atoms with van der Waals surface area (Å²) in [6, 6.07) is 27.1. The van der Waals surface area contributed by atoms with Gasteiger partial charge in [-0.3, -0.25) is 0 Å². The molecule has 3 aromatic carbocycles. The lowest BCUT2D eigenvalue weighted by Crippen LogP contribution is -2.40. The van der Waals surface area contributed by atoms with Gasteiger partial charge in [0.05, 0.1) is 27.5 Å². The Hall–Kier alpha value is -3.02. The lowest BCUT2D eigenvalue weighted by Gasteiger charge is -2.15. The molecule has 0 amide bonds. The molecule has 30 heavy (non-hydrogen) atoms. The van der Waals surface area contributed by atoms with Crippen LogP contribution in [0.2, 0.25) is 0 Å². The van der Waals surface area contributed by atoms with Gasteiger partial charge in [-0.2, -0.15) is 4.57 Å². The molecule has 1 aliphatic carbocycles. The van der Waals surface area contributed by atoms with Crippen LogP contribution in [0.25, 0.3) is 33.2 Å². The van der Waals surface area contributed by atoms with Crippen LogP contribution in [0, 0.1) is 0 Å². The van der Waals surface area contributed by atoms with Gasteiger partial charge in [0.15, 0.2) is 5.69 Å². The van der Waals surface area contributed by atoms with E-state index in [4.69, 9.17) is 0 Å². The van der Waals surface area contributed by atoms with Crippen molar-refractivity contribution in [1.82, 2.24) is 0 Å². The van der Waals surface area contributed by atoms with Crippen molar-refractivity contribution in [2.75, 3.05) is 5.75 Å². The van der Waals surface area contributed by atoms with Gasteiger partial charge >= 0.3 is 0 Å². The van der Waals surface area contributed by atoms with Gasteiger partial charge in [0.1, 0.15) is 6.54 Å². The summed E-state index contributed by atoms with van der Waals surface area (Å²) in [5, 5.41) is 1.13. The number of pyridine rings is 1. The summed E-state index contributed by atoms with van der Waals surface area (Å²) in [5.74, 6) is -0.351. The third-order valence-corrected chi connectivity index (χ3v) is 6.60. The number of fused-ring (bicyclic) bond motifs is 4. The fourth-order valence-corrected chi connectivity index (χ4v) is 5.09. The van der Waals surface area contributed by atoms with Crippen molar-refractivity contribution >= 4 is 21.0 Å². The molecule has 4 aromatic rings. The zero-order valence-electron chi connectivity index (χ0n) is 16.4. The lowest BCUT2D eigenvalue weighted by atomic mass is 9.92. The minimum atomic E-state index is -4.23. The van der Waals surface area contributed by atoms with E-state index in [9.17, 15) is 13.0 Å². The van der Waals surface area contributed by atoms with E-state index in [2.05, 4.69) is 65.2 Å². The van der Waals surface area contributed by atoms with Crippen molar-refractivity contribution in [3.05, 3.63) is 90.1 Å². The Morgan fingerprint density at radius 3 is 2.33 bits per heavy atom. The van der Waals surface area contributed by atoms with Crippen molar-refractivity contribution in [2.45, 2.75) is 19.4 Å². The molecule has 0 aliphatic heterocycles. The van der Waals surface area contributed by atoms with Crippen LogP contribution in [0.3, 0.4) is 0 Å². The molecule has 1 aromatic heterocycles. The van der Waals surface area contributed by atoms with Gasteiger partial charge in [-0.1, -0.05) is 66.7 Å². The standard InChI is InChI=1S/C25H21NO3S/c27-30(28,29)16-8-15-26-22-14-7-6-13-21(22)24(18-9-2-1-3-10-18)25-20-12-5-4-11-19(20)17-23(25)26/h1-7,9-14H,8,15-17H2. The van der Waals surface area contributed by atoms with E-state index in [-0.39, 0.29) is 5.75 Å². The quantitative estimate of drug-likeness (QED) is 0.318. The monoisotopic (exact) mass is 415 g/mol. The molecule has 0 fully saturated rings. The number of benzene rings is 3. The first-order chi connectivity index (χ1) is 14.5. The van der Waals surface area contributed by atoms with Crippen LogP contribution in [0.5, 0.6) is 0 Å². The van der Waals surface area contributed by atoms with E-state index < -0.39 is 10.1 Å². The number of para-hydroxylation sites is 1. The fourth-order valence-electron chi connectivity index (χ4n) is 4.61. The highest BCUT2D eigenvalue weighted by atomic mass is 32.2. The molecule has 5 rings (SSSR count). The summed E-state index contributed by atoms with van der Waals surface area (Å²) >= 11 is 0. The van der Waals surface area contributed by atoms with Crippen LogP contribution in [-0.2, 0) is 23.1 Å². The molecule has 0 radical (unpaired) electrons. The topological polar surface area (TPSA) is 61.1 Å². The van der Waals surface area contributed by atoms with Crippen molar-refractivity contribution in [2.24, 2.45) is 0 Å². The molecule has 0 saturated carbocycles. The smallest absolute Gasteiger partial charge is 0.213 e. The number of aryl methyl sites for hydroxylation is 1. The van der Waals surface area contributed by atoms with Crippen LogP contribution < -0.4 is 4.57 Å². The number of aromatic nitrogens is 1. The van der Waals surface area contributed by atoms with E-state index in [1.807, 2.05) is 18.2 Å². The molecular formula is C25H21NO3S.